The molecular formula is C12H16N2S. The molecule has 0 aliphatic heterocycles. The maximum absolute atomic E-state index is 4.25. The summed E-state index contributed by atoms with van der Waals surface area (Å²) in [6.07, 6.45) is 2.33. The summed E-state index contributed by atoms with van der Waals surface area (Å²) in [6.45, 7) is 6.82. The first kappa shape index (κ1) is 10.6. The topological polar surface area (TPSA) is 25.8 Å². The molecule has 3 heteroatoms. The van der Waals surface area contributed by atoms with E-state index in [-0.39, 0.29) is 0 Å². The van der Waals surface area contributed by atoms with Gasteiger partial charge in [-0.3, -0.25) is 0 Å². The number of benzene rings is 1. The molecule has 1 aromatic heterocycles. The van der Waals surface area contributed by atoms with Gasteiger partial charge in [-0.15, -0.1) is 0 Å². The molecule has 0 aliphatic carbocycles. The summed E-state index contributed by atoms with van der Waals surface area (Å²) < 4.78 is 8.45. The maximum atomic E-state index is 4.25. The van der Waals surface area contributed by atoms with E-state index in [1.54, 1.807) is 0 Å². The number of aromatic nitrogens is 2. The van der Waals surface area contributed by atoms with Gasteiger partial charge in [-0.1, -0.05) is 26.8 Å². The highest BCUT2D eigenvalue weighted by Crippen LogP contribution is 2.22. The number of hydrogen-bond acceptors (Lipinski definition) is 3. The SMILES string of the molecule is CC(C)(C)CCc1ccc2nsnc2c1. The Balaban J connectivity index is 2.15. The van der Waals surface area contributed by atoms with Gasteiger partial charge in [-0.05, 0) is 36.0 Å². The Hall–Kier alpha value is -0.960. The molecule has 0 saturated carbocycles. The van der Waals surface area contributed by atoms with Crippen molar-refractivity contribution in [3.8, 4) is 0 Å². The first-order chi connectivity index (χ1) is 7.04. The lowest BCUT2D eigenvalue weighted by molar-refractivity contribution is 0.378. The van der Waals surface area contributed by atoms with Crippen molar-refractivity contribution in [1.29, 1.82) is 0 Å². The monoisotopic (exact) mass is 220 g/mol. The summed E-state index contributed by atoms with van der Waals surface area (Å²) in [5.74, 6) is 0. The van der Waals surface area contributed by atoms with E-state index in [2.05, 4.69) is 47.7 Å². The van der Waals surface area contributed by atoms with Crippen LogP contribution < -0.4 is 0 Å². The van der Waals surface area contributed by atoms with Gasteiger partial charge in [0.2, 0.25) is 0 Å². The molecule has 80 valence electrons. The van der Waals surface area contributed by atoms with E-state index in [0.717, 1.165) is 17.5 Å². The van der Waals surface area contributed by atoms with Crippen LogP contribution in [0.1, 0.15) is 32.8 Å². The predicted molar refractivity (Wildman–Crippen MR) is 65.2 cm³/mol. The van der Waals surface area contributed by atoms with Gasteiger partial charge in [0.25, 0.3) is 0 Å². The minimum absolute atomic E-state index is 0.398. The van der Waals surface area contributed by atoms with Gasteiger partial charge in [0.05, 0.1) is 11.7 Å². The number of rotatable bonds is 2. The van der Waals surface area contributed by atoms with Crippen LogP contribution in [-0.4, -0.2) is 8.75 Å². The lowest BCUT2D eigenvalue weighted by Crippen LogP contribution is -2.06. The second kappa shape index (κ2) is 3.89. The predicted octanol–water partition coefficient (Wildman–Crippen LogP) is 3.67. The Morgan fingerprint density at radius 1 is 1.13 bits per heavy atom. The smallest absolute Gasteiger partial charge is 0.105 e. The van der Waals surface area contributed by atoms with Crippen LogP contribution in [0.2, 0.25) is 0 Å². The fraction of sp³-hybridized carbons (Fsp3) is 0.500. The highest BCUT2D eigenvalue weighted by Gasteiger charge is 2.10. The molecule has 0 amide bonds. The number of nitrogens with zero attached hydrogens (tertiary/aromatic N) is 2. The van der Waals surface area contributed by atoms with Crippen LogP contribution in [0.3, 0.4) is 0 Å². The lowest BCUT2D eigenvalue weighted by atomic mass is 9.89. The van der Waals surface area contributed by atoms with Gasteiger partial charge in [-0.2, -0.15) is 8.75 Å². The summed E-state index contributed by atoms with van der Waals surface area (Å²) in [4.78, 5) is 0. The molecule has 0 atom stereocenters. The zero-order chi connectivity index (χ0) is 10.9. The molecule has 2 rings (SSSR count). The number of aryl methyl sites for hydroxylation is 1. The van der Waals surface area contributed by atoms with Crippen molar-refractivity contribution in [2.24, 2.45) is 5.41 Å². The van der Waals surface area contributed by atoms with E-state index in [1.165, 1.54) is 23.7 Å². The molecule has 0 spiro atoms. The summed E-state index contributed by atoms with van der Waals surface area (Å²) in [5.41, 5.74) is 3.81. The molecule has 0 saturated heterocycles. The molecule has 0 fully saturated rings. The number of fused-ring (bicyclic) bond motifs is 1. The maximum Gasteiger partial charge on any atom is 0.105 e. The summed E-state index contributed by atoms with van der Waals surface area (Å²) in [7, 11) is 0. The van der Waals surface area contributed by atoms with Crippen LogP contribution >= 0.6 is 11.7 Å². The summed E-state index contributed by atoms with van der Waals surface area (Å²) in [6, 6.07) is 6.39. The third kappa shape index (κ3) is 2.75. The first-order valence-corrected chi connectivity index (χ1v) is 5.99. The largest absolute Gasteiger partial charge is 0.173 e. The summed E-state index contributed by atoms with van der Waals surface area (Å²) in [5, 5.41) is 0. The molecule has 0 bridgehead atoms. The van der Waals surface area contributed by atoms with E-state index < -0.39 is 0 Å². The van der Waals surface area contributed by atoms with E-state index in [1.807, 2.05) is 0 Å². The van der Waals surface area contributed by atoms with Crippen LogP contribution in [0.15, 0.2) is 18.2 Å². The van der Waals surface area contributed by atoms with E-state index in [9.17, 15) is 0 Å². The molecule has 1 aromatic carbocycles. The highest BCUT2D eigenvalue weighted by atomic mass is 32.1. The third-order valence-corrected chi connectivity index (χ3v) is 3.04. The minimum atomic E-state index is 0.398. The quantitative estimate of drug-likeness (QED) is 0.771. The van der Waals surface area contributed by atoms with Gasteiger partial charge in [0, 0.05) is 0 Å². The molecule has 0 aliphatic rings. The van der Waals surface area contributed by atoms with Crippen molar-refractivity contribution in [1.82, 2.24) is 8.75 Å². The Kier molecular flexibility index (Phi) is 2.74. The van der Waals surface area contributed by atoms with Crippen molar-refractivity contribution < 1.29 is 0 Å². The molecule has 2 nitrogen and oxygen atoms in total. The zero-order valence-corrected chi connectivity index (χ0v) is 10.3. The molecule has 0 N–H and O–H groups in total. The van der Waals surface area contributed by atoms with Crippen LogP contribution in [0.4, 0.5) is 0 Å². The fourth-order valence-corrected chi connectivity index (χ4v) is 2.02. The molecule has 1 heterocycles. The van der Waals surface area contributed by atoms with Crippen molar-refractivity contribution in [2.75, 3.05) is 0 Å². The van der Waals surface area contributed by atoms with Gasteiger partial charge in [-0.25, -0.2) is 0 Å². The molecule has 2 aromatic rings. The Morgan fingerprint density at radius 2 is 1.87 bits per heavy atom. The second-order valence-electron chi connectivity index (χ2n) is 5.15. The van der Waals surface area contributed by atoms with Gasteiger partial charge in [0.1, 0.15) is 11.0 Å². The third-order valence-electron chi connectivity index (χ3n) is 2.48. The Bertz CT molecular complexity index is 454. The van der Waals surface area contributed by atoms with Crippen LogP contribution in [-0.2, 0) is 6.42 Å². The fourth-order valence-electron chi connectivity index (χ4n) is 1.50. The highest BCUT2D eigenvalue weighted by molar-refractivity contribution is 7.00. The van der Waals surface area contributed by atoms with Crippen LogP contribution in [0, 0.1) is 5.41 Å². The Morgan fingerprint density at radius 3 is 2.60 bits per heavy atom. The van der Waals surface area contributed by atoms with Crippen molar-refractivity contribution in [3.63, 3.8) is 0 Å². The first-order valence-electron chi connectivity index (χ1n) is 5.26. The van der Waals surface area contributed by atoms with Crippen molar-refractivity contribution >= 4 is 22.8 Å². The van der Waals surface area contributed by atoms with E-state index in [0.29, 0.717) is 5.41 Å². The normalized spacial score (nSPS) is 12.2. The molecule has 15 heavy (non-hydrogen) atoms. The number of hydrogen-bond donors (Lipinski definition) is 0. The van der Waals surface area contributed by atoms with E-state index >= 15 is 0 Å². The van der Waals surface area contributed by atoms with Crippen molar-refractivity contribution in [3.05, 3.63) is 23.8 Å². The zero-order valence-electron chi connectivity index (χ0n) is 9.45. The van der Waals surface area contributed by atoms with Gasteiger partial charge < -0.3 is 0 Å². The molecule has 0 radical (unpaired) electrons. The molecular weight excluding hydrogens is 204 g/mol. The standard InChI is InChI=1S/C12H16N2S/c1-12(2,3)7-6-9-4-5-10-11(8-9)14-15-13-10/h4-5,8H,6-7H2,1-3H3. The van der Waals surface area contributed by atoms with Crippen molar-refractivity contribution in [2.45, 2.75) is 33.6 Å². The second-order valence-corrected chi connectivity index (χ2v) is 5.68. The van der Waals surface area contributed by atoms with Crippen LogP contribution in [0.25, 0.3) is 11.0 Å². The summed E-state index contributed by atoms with van der Waals surface area (Å²) >= 11 is 1.29. The van der Waals surface area contributed by atoms with E-state index in [4.69, 9.17) is 0 Å². The van der Waals surface area contributed by atoms with Gasteiger partial charge in [0.15, 0.2) is 0 Å². The average molecular weight is 220 g/mol. The Labute approximate surface area is 94.7 Å². The van der Waals surface area contributed by atoms with Gasteiger partial charge >= 0.3 is 0 Å². The molecule has 0 unspecified atom stereocenters. The lowest BCUT2D eigenvalue weighted by Gasteiger charge is -2.17. The minimum Gasteiger partial charge on any atom is -0.173 e. The average Bonchev–Trinajstić information content (AvgIpc) is 2.60. The van der Waals surface area contributed by atoms with Crippen LogP contribution in [0.5, 0.6) is 0 Å².